The first-order chi connectivity index (χ1) is 14.3. The van der Waals surface area contributed by atoms with E-state index in [0.29, 0.717) is 31.8 Å². The van der Waals surface area contributed by atoms with Crippen LogP contribution in [0, 0.1) is 0 Å². The van der Waals surface area contributed by atoms with Crippen molar-refractivity contribution in [1.29, 1.82) is 0 Å². The second-order valence-electron chi connectivity index (χ2n) is 7.32. The van der Waals surface area contributed by atoms with Crippen LogP contribution in [-0.4, -0.2) is 22.5 Å². The van der Waals surface area contributed by atoms with Crippen LogP contribution in [-0.2, 0) is 17.6 Å². The quantitative estimate of drug-likeness (QED) is 0.527. The summed E-state index contributed by atoms with van der Waals surface area (Å²) >= 11 is 18.5. The van der Waals surface area contributed by atoms with Gasteiger partial charge in [0, 0.05) is 39.0 Å². The fourth-order valence-electron chi connectivity index (χ4n) is 3.79. The van der Waals surface area contributed by atoms with Crippen LogP contribution in [0.2, 0.25) is 15.1 Å². The Kier molecular flexibility index (Phi) is 5.49. The topological polar surface area (TPSA) is 66.4 Å². The smallest absolute Gasteiger partial charge is 0.330 e. The Labute approximate surface area is 188 Å². The summed E-state index contributed by atoms with van der Waals surface area (Å²) in [7, 11) is 0. The zero-order chi connectivity index (χ0) is 21.5. The maximum Gasteiger partial charge on any atom is 0.330 e. The fourth-order valence-corrected chi connectivity index (χ4v) is 4.55. The third-order valence-corrected chi connectivity index (χ3v) is 6.03. The van der Waals surface area contributed by atoms with Gasteiger partial charge < -0.3 is 10.4 Å². The predicted octanol–water partition coefficient (Wildman–Crippen LogP) is 5.67. The number of carbonyl (C=O) groups is 2. The Hall–Kier alpha value is -2.53. The molecule has 0 aromatic heterocycles. The lowest BCUT2D eigenvalue weighted by molar-refractivity contribution is -0.144. The number of aliphatic carboxylic acids is 1. The van der Waals surface area contributed by atoms with E-state index in [4.69, 9.17) is 34.8 Å². The lowest BCUT2D eigenvalue weighted by Gasteiger charge is -2.25. The van der Waals surface area contributed by atoms with Crippen LogP contribution in [0.25, 0.3) is 11.1 Å². The molecule has 4 nitrogen and oxygen atoms in total. The summed E-state index contributed by atoms with van der Waals surface area (Å²) in [6.45, 7) is 0. The number of carbonyl (C=O) groups excluding carboxylic acids is 1. The highest BCUT2D eigenvalue weighted by atomic mass is 35.5. The van der Waals surface area contributed by atoms with Gasteiger partial charge in [0.15, 0.2) is 0 Å². The van der Waals surface area contributed by atoms with E-state index in [1.54, 1.807) is 36.4 Å². The van der Waals surface area contributed by atoms with Crippen LogP contribution < -0.4 is 5.32 Å². The molecule has 0 atom stereocenters. The van der Waals surface area contributed by atoms with Gasteiger partial charge in [-0.1, -0.05) is 59.1 Å². The summed E-state index contributed by atoms with van der Waals surface area (Å²) in [4.78, 5) is 25.1. The van der Waals surface area contributed by atoms with E-state index in [1.807, 2.05) is 24.3 Å². The van der Waals surface area contributed by atoms with Crippen LogP contribution >= 0.6 is 34.8 Å². The SMILES string of the molecule is O=C(NC1(C(=O)O)Cc2ccccc2C1)c1ccc(Cl)c(-c2cc(Cl)cc(Cl)c2)c1. The number of fused-ring (bicyclic) bond motifs is 1. The lowest BCUT2D eigenvalue weighted by Crippen LogP contribution is -2.55. The van der Waals surface area contributed by atoms with Gasteiger partial charge in [-0.2, -0.15) is 0 Å². The molecule has 0 saturated carbocycles. The molecule has 0 fully saturated rings. The molecule has 7 heteroatoms. The molecule has 3 aromatic carbocycles. The highest BCUT2D eigenvalue weighted by Gasteiger charge is 2.45. The molecule has 0 unspecified atom stereocenters. The largest absolute Gasteiger partial charge is 0.479 e. The van der Waals surface area contributed by atoms with Crippen molar-refractivity contribution in [1.82, 2.24) is 5.32 Å². The van der Waals surface area contributed by atoms with E-state index < -0.39 is 17.4 Å². The summed E-state index contributed by atoms with van der Waals surface area (Å²) in [5.74, 6) is -1.56. The van der Waals surface area contributed by atoms with E-state index in [9.17, 15) is 14.7 Å². The Morgan fingerprint density at radius 2 is 1.47 bits per heavy atom. The van der Waals surface area contributed by atoms with Gasteiger partial charge in [-0.05, 0) is 53.1 Å². The number of benzene rings is 3. The van der Waals surface area contributed by atoms with Gasteiger partial charge >= 0.3 is 5.97 Å². The average Bonchev–Trinajstić information content (AvgIpc) is 3.07. The van der Waals surface area contributed by atoms with Crippen molar-refractivity contribution in [3.63, 3.8) is 0 Å². The number of amides is 1. The van der Waals surface area contributed by atoms with Crippen LogP contribution in [0.3, 0.4) is 0 Å². The standard InChI is InChI=1S/C23H16Cl3NO3/c24-17-7-16(8-18(25)10-17)19-9-13(5-6-20(19)26)21(28)27-23(22(29)30)11-14-3-1-2-4-15(14)12-23/h1-10H,11-12H2,(H,27,28)(H,29,30). The average molecular weight is 461 g/mol. The van der Waals surface area contributed by atoms with Crippen LogP contribution in [0.15, 0.2) is 60.7 Å². The molecular weight excluding hydrogens is 445 g/mol. The van der Waals surface area contributed by atoms with Gasteiger partial charge in [-0.3, -0.25) is 4.79 Å². The Morgan fingerprint density at radius 1 is 0.867 bits per heavy atom. The van der Waals surface area contributed by atoms with Crippen molar-refractivity contribution in [2.45, 2.75) is 18.4 Å². The molecule has 0 spiro atoms. The molecule has 3 aromatic rings. The number of carboxylic acid groups (broad SMARTS) is 1. The highest BCUT2D eigenvalue weighted by Crippen LogP contribution is 2.34. The molecule has 0 aliphatic heterocycles. The number of nitrogens with one attached hydrogen (secondary N) is 1. The minimum absolute atomic E-state index is 0.231. The second kappa shape index (κ2) is 7.95. The van der Waals surface area contributed by atoms with E-state index in [-0.39, 0.29) is 12.8 Å². The number of hydrogen-bond acceptors (Lipinski definition) is 2. The van der Waals surface area contributed by atoms with Crippen molar-refractivity contribution in [3.05, 3.63) is 92.4 Å². The lowest BCUT2D eigenvalue weighted by atomic mass is 9.94. The van der Waals surface area contributed by atoms with Gasteiger partial charge in [0.2, 0.25) is 0 Å². The summed E-state index contributed by atoms with van der Waals surface area (Å²) in [5.41, 5.74) is 1.99. The van der Waals surface area contributed by atoms with Gasteiger partial charge in [0.25, 0.3) is 5.91 Å². The molecule has 0 saturated heterocycles. The van der Waals surface area contributed by atoms with Crippen molar-refractivity contribution in [2.75, 3.05) is 0 Å². The van der Waals surface area contributed by atoms with Crippen LogP contribution in [0.4, 0.5) is 0 Å². The summed E-state index contributed by atoms with van der Waals surface area (Å²) in [6, 6.07) is 17.3. The minimum Gasteiger partial charge on any atom is -0.479 e. The molecule has 152 valence electrons. The van der Waals surface area contributed by atoms with Crippen LogP contribution in [0.5, 0.6) is 0 Å². The third-order valence-electron chi connectivity index (χ3n) is 5.27. The zero-order valence-corrected chi connectivity index (χ0v) is 17.9. The molecule has 0 heterocycles. The van der Waals surface area contributed by atoms with E-state index in [1.165, 1.54) is 0 Å². The monoisotopic (exact) mass is 459 g/mol. The van der Waals surface area contributed by atoms with Crippen molar-refractivity contribution < 1.29 is 14.7 Å². The first-order valence-electron chi connectivity index (χ1n) is 9.16. The van der Waals surface area contributed by atoms with E-state index in [2.05, 4.69) is 5.32 Å². The van der Waals surface area contributed by atoms with E-state index in [0.717, 1.165) is 11.1 Å². The Balaban J connectivity index is 1.66. The molecule has 1 aliphatic rings. The van der Waals surface area contributed by atoms with Gasteiger partial charge in [-0.15, -0.1) is 0 Å². The summed E-state index contributed by atoms with van der Waals surface area (Å²) in [5, 5.41) is 14.0. The summed E-state index contributed by atoms with van der Waals surface area (Å²) in [6.07, 6.45) is 0.461. The predicted molar refractivity (Wildman–Crippen MR) is 119 cm³/mol. The molecule has 30 heavy (non-hydrogen) atoms. The second-order valence-corrected chi connectivity index (χ2v) is 8.60. The molecular formula is C23H16Cl3NO3. The number of hydrogen-bond donors (Lipinski definition) is 2. The Morgan fingerprint density at radius 3 is 2.03 bits per heavy atom. The first kappa shape index (κ1) is 20.7. The maximum absolute atomic E-state index is 13.0. The minimum atomic E-state index is -1.39. The molecule has 1 aliphatic carbocycles. The highest BCUT2D eigenvalue weighted by molar-refractivity contribution is 6.36. The number of halogens is 3. The van der Waals surface area contributed by atoms with Gasteiger partial charge in [0.05, 0.1) is 0 Å². The third kappa shape index (κ3) is 3.91. The van der Waals surface area contributed by atoms with E-state index >= 15 is 0 Å². The molecule has 2 N–H and O–H groups in total. The molecule has 4 rings (SSSR count). The maximum atomic E-state index is 13.0. The normalized spacial score (nSPS) is 14.2. The number of carboxylic acids is 1. The first-order valence-corrected chi connectivity index (χ1v) is 10.3. The number of rotatable bonds is 4. The van der Waals surface area contributed by atoms with Crippen molar-refractivity contribution in [2.24, 2.45) is 0 Å². The van der Waals surface area contributed by atoms with Crippen LogP contribution in [0.1, 0.15) is 21.5 Å². The summed E-state index contributed by atoms with van der Waals surface area (Å²) < 4.78 is 0. The van der Waals surface area contributed by atoms with Crippen molar-refractivity contribution >= 4 is 46.7 Å². The zero-order valence-electron chi connectivity index (χ0n) is 15.6. The fraction of sp³-hybridized carbons (Fsp3) is 0.130. The molecule has 0 bridgehead atoms. The molecule has 1 amide bonds. The Bertz CT molecular complexity index is 1130. The van der Waals surface area contributed by atoms with Crippen molar-refractivity contribution in [3.8, 4) is 11.1 Å². The van der Waals surface area contributed by atoms with Gasteiger partial charge in [-0.25, -0.2) is 4.79 Å². The van der Waals surface area contributed by atoms with Gasteiger partial charge in [0.1, 0.15) is 5.54 Å². The molecule has 0 radical (unpaired) electrons.